The third-order valence-electron chi connectivity index (χ3n) is 2.52. The topological polar surface area (TPSA) is 97.2 Å². The van der Waals surface area contributed by atoms with E-state index in [-0.39, 0.29) is 11.3 Å². The highest BCUT2D eigenvalue weighted by molar-refractivity contribution is 9.11. The molecule has 0 bridgehead atoms. The van der Waals surface area contributed by atoms with Gasteiger partial charge in [-0.05, 0) is 28.9 Å². The average Bonchev–Trinajstić information content (AvgIpc) is 2.84. The van der Waals surface area contributed by atoms with Gasteiger partial charge in [0.25, 0.3) is 11.6 Å². The molecule has 0 radical (unpaired) electrons. The summed E-state index contributed by atoms with van der Waals surface area (Å²) in [7, 11) is 0. The number of nitro benzene ring substituents is 1. The van der Waals surface area contributed by atoms with Crippen LogP contribution < -0.4 is 10.6 Å². The Morgan fingerprint density at radius 2 is 2.29 bits per heavy atom. The first-order valence-electron chi connectivity index (χ1n) is 5.96. The lowest BCUT2D eigenvalue weighted by Crippen LogP contribution is -2.15. The number of carbonyl (C=O) groups excluding carboxylic acids is 1. The summed E-state index contributed by atoms with van der Waals surface area (Å²) < 4.78 is 0.781. The van der Waals surface area contributed by atoms with E-state index in [4.69, 9.17) is 0 Å². The summed E-state index contributed by atoms with van der Waals surface area (Å²) in [6.45, 7) is 2.47. The first kappa shape index (κ1) is 15.4. The van der Waals surface area contributed by atoms with Crippen molar-refractivity contribution in [2.45, 2.75) is 6.92 Å². The predicted molar refractivity (Wildman–Crippen MR) is 85.0 cm³/mol. The van der Waals surface area contributed by atoms with Gasteiger partial charge >= 0.3 is 0 Å². The second-order valence-electron chi connectivity index (χ2n) is 3.94. The van der Waals surface area contributed by atoms with Gasteiger partial charge in [0.05, 0.1) is 20.5 Å². The molecule has 0 saturated carbocycles. The van der Waals surface area contributed by atoms with E-state index in [9.17, 15) is 14.9 Å². The minimum atomic E-state index is -0.535. The molecule has 7 nitrogen and oxygen atoms in total. The summed E-state index contributed by atoms with van der Waals surface area (Å²) in [5, 5.41) is 16.9. The van der Waals surface area contributed by atoms with Crippen LogP contribution in [0.2, 0.25) is 0 Å². The number of aromatic nitrogens is 1. The van der Waals surface area contributed by atoms with Crippen molar-refractivity contribution < 1.29 is 9.72 Å². The second kappa shape index (κ2) is 6.64. The molecule has 1 aromatic carbocycles. The first-order valence-corrected chi connectivity index (χ1v) is 7.57. The molecule has 0 aliphatic rings. The molecule has 1 amide bonds. The van der Waals surface area contributed by atoms with Crippen molar-refractivity contribution >= 4 is 49.7 Å². The van der Waals surface area contributed by atoms with E-state index in [1.54, 1.807) is 6.20 Å². The number of hydrogen-bond donors (Lipinski definition) is 2. The minimum absolute atomic E-state index is 0.137. The van der Waals surface area contributed by atoms with Crippen molar-refractivity contribution in [3.05, 3.63) is 43.9 Å². The standard InChI is InChI=1S/C12H11BrN4O3S/c1-2-14-9-4-3-7(17(19)20)5-8(9)11(18)16-12-15-6-10(13)21-12/h3-6,14H,2H2,1H3,(H,15,16,18). The van der Waals surface area contributed by atoms with Crippen LogP contribution in [-0.2, 0) is 0 Å². The van der Waals surface area contributed by atoms with E-state index in [2.05, 4.69) is 31.5 Å². The van der Waals surface area contributed by atoms with E-state index in [0.717, 1.165) is 3.79 Å². The van der Waals surface area contributed by atoms with Crippen molar-refractivity contribution in [3.8, 4) is 0 Å². The summed E-state index contributed by atoms with van der Waals surface area (Å²) in [5.41, 5.74) is 0.607. The van der Waals surface area contributed by atoms with E-state index < -0.39 is 10.8 Å². The van der Waals surface area contributed by atoms with Gasteiger partial charge in [0.15, 0.2) is 5.13 Å². The number of hydrogen-bond acceptors (Lipinski definition) is 6. The molecule has 0 atom stereocenters. The monoisotopic (exact) mass is 370 g/mol. The summed E-state index contributed by atoms with van der Waals surface area (Å²) in [6, 6.07) is 4.12. The third-order valence-corrected chi connectivity index (χ3v) is 3.92. The molecule has 0 spiro atoms. The Hall–Kier alpha value is -2.00. The molecule has 0 saturated heterocycles. The number of thiazole rings is 1. The van der Waals surface area contributed by atoms with Crippen molar-refractivity contribution in [2.75, 3.05) is 17.2 Å². The molecule has 2 aromatic rings. The molecule has 2 rings (SSSR count). The zero-order chi connectivity index (χ0) is 15.4. The molecular formula is C12H11BrN4O3S. The molecule has 0 unspecified atom stereocenters. The average molecular weight is 371 g/mol. The number of carbonyl (C=O) groups is 1. The molecule has 21 heavy (non-hydrogen) atoms. The maximum Gasteiger partial charge on any atom is 0.270 e. The highest BCUT2D eigenvalue weighted by Crippen LogP contribution is 2.26. The van der Waals surface area contributed by atoms with Crippen molar-refractivity contribution in [3.63, 3.8) is 0 Å². The van der Waals surface area contributed by atoms with Gasteiger partial charge in [-0.1, -0.05) is 11.3 Å². The highest BCUT2D eigenvalue weighted by Gasteiger charge is 2.17. The van der Waals surface area contributed by atoms with E-state index in [1.165, 1.54) is 29.5 Å². The van der Waals surface area contributed by atoms with Crippen LogP contribution in [0.25, 0.3) is 0 Å². The summed E-state index contributed by atoms with van der Waals surface area (Å²) >= 11 is 4.51. The summed E-state index contributed by atoms with van der Waals surface area (Å²) in [4.78, 5) is 26.6. The molecule has 2 N–H and O–H groups in total. The Kier molecular flexibility index (Phi) is 4.86. The van der Waals surface area contributed by atoms with Gasteiger partial charge in [0.2, 0.25) is 0 Å². The van der Waals surface area contributed by atoms with Gasteiger partial charge < -0.3 is 5.32 Å². The SMILES string of the molecule is CCNc1ccc([N+](=O)[O-])cc1C(=O)Nc1ncc(Br)s1. The molecule has 9 heteroatoms. The number of non-ortho nitro benzene ring substituents is 1. The lowest BCUT2D eigenvalue weighted by molar-refractivity contribution is -0.384. The Bertz CT molecular complexity index is 689. The third kappa shape index (κ3) is 3.76. The number of anilines is 2. The van der Waals surface area contributed by atoms with Gasteiger partial charge in [-0.15, -0.1) is 0 Å². The smallest absolute Gasteiger partial charge is 0.270 e. The van der Waals surface area contributed by atoms with Gasteiger partial charge in [-0.3, -0.25) is 20.2 Å². The molecule has 0 aliphatic heterocycles. The number of nitro groups is 1. The van der Waals surface area contributed by atoms with Gasteiger partial charge in [0.1, 0.15) is 0 Å². The van der Waals surface area contributed by atoms with Crippen molar-refractivity contribution in [1.82, 2.24) is 4.98 Å². The largest absolute Gasteiger partial charge is 0.385 e. The normalized spacial score (nSPS) is 10.2. The number of halogens is 1. The van der Waals surface area contributed by atoms with Crippen molar-refractivity contribution in [1.29, 1.82) is 0 Å². The second-order valence-corrected chi connectivity index (χ2v) is 6.35. The fourth-order valence-electron chi connectivity index (χ4n) is 1.65. The molecule has 0 fully saturated rings. The van der Waals surface area contributed by atoms with Crippen LogP contribution >= 0.6 is 27.3 Å². The Morgan fingerprint density at radius 1 is 1.52 bits per heavy atom. The quantitative estimate of drug-likeness (QED) is 0.619. The molecular weight excluding hydrogens is 360 g/mol. The Balaban J connectivity index is 2.32. The van der Waals surface area contributed by atoms with Gasteiger partial charge in [0, 0.05) is 24.4 Å². The van der Waals surface area contributed by atoms with Gasteiger partial charge in [-0.25, -0.2) is 4.98 Å². The molecule has 0 aliphatic carbocycles. The number of amides is 1. The number of nitrogens with one attached hydrogen (secondary N) is 2. The van der Waals surface area contributed by atoms with Crippen LogP contribution in [0.4, 0.5) is 16.5 Å². The maximum atomic E-state index is 12.3. The number of benzene rings is 1. The zero-order valence-corrected chi connectivity index (χ0v) is 13.3. The van der Waals surface area contributed by atoms with E-state index in [0.29, 0.717) is 17.4 Å². The van der Waals surface area contributed by atoms with Crippen LogP contribution in [0.15, 0.2) is 28.2 Å². The Labute approximate surface area is 132 Å². The first-order chi connectivity index (χ1) is 10.0. The highest BCUT2D eigenvalue weighted by atomic mass is 79.9. The molecule has 110 valence electrons. The minimum Gasteiger partial charge on any atom is -0.385 e. The molecule has 1 heterocycles. The van der Waals surface area contributed by atoms with Crippen LogP contribution in [0, 0.1) is 10.1 Å². The van der Waals surface area contributed by atoms with Gasteiger partial charge in [-0.2, -0.15) is 0 Å². The van der Waals surface area contributed by atoms with Crippen molar-refractivity contribution in [2.24, 2.45) is 0 Å². The fourth-order valence-corrected chi connectivity index (χ4v) is 2.76. The number of rotatable bonds is 5. The maximum absolute atomic E-state index is 12.3. The van der Waals surface area contributed by atoms with Crippen LogP contribution in [0.1, 0.15) is 17.3 Å². The lowest BCUT2D eigenvalue weighted by Gasteiger charge is -2.09. The Morgan fingerprint density at radius 3 is 2.86 bits per heavy atom. The summed E-state index contributed by atoms with van der Waals surface area (Å²) in [5.74, 6) is -0.448. The number of nitrogens with zero attached hydrogens (tertiary/aromatic N) is 2. The fraction of sp³-hybridized carbons (Fsp3) is 0.167. The lowest BCUT2D eigenvalue weighted by atomic mass is 10.1. The van der Waals surface area contributed by atoms with Crippen LogP contribution in [0.5, 0.6) is 0 Å². The van der Waals surface area contributed by atoms with Crippen LogP contribution in [-0.4, -0.2) is 22.4 Å². The van der Waals surface area contributed by atoms with E-state index in [1.807, 2.05) is 6.92 Å². The van der Waals surface area contributed by atoms with Crippen LogP contribution in [0.3, 0.4) is 0 Å². The summed E-state index contributed by atoms with van der Waals surface area (Å²) in [6.07, 6.45) is 1.57. The molecule has 1 aromatic heterocycles. The predicted octanol–water partition coefficient (Wildman–Crippen LogP) is 3.50. The van der Waals surface area contributed by atoms with E-state index >= 15 is 0 Å². The zero-order valence-electron chi connectivity index (χ0n) is 10.9.